The second-order valence-corrected chi connectivity index (χ2v) is 6.91. The third-order valence-electron chi connectivity index (χ3n) is 3.56. The second-order valence-electron chi connectivity index (χ2n) is 5.09. The van der Waals surface area contributed by atoms with Gasteiger partial charge in [0.15, 0.2) is 0 Å². The Bertz CT molecular complexity index is 642. The molecule has 0 fully saturated rings. The summed E-state index contributed by atoms with van der Waals surface area (Å²) in [7, 11) is 0. The van der Waals surface area contributed by atoms with E-state index in [9.17, 15) is 0 Å². The summed E-state index contributed by atoms with van der Waals surface area (Å²) < 4.78 is 0. The van der Waals surface area contributed by atoms with Gasteiger partial charge in [-0.15, -0.1) is 11.3 Å². The lowest BCUT2D eigenvalue weighted by atomic mass is 10.1. The number of hydrogen-bond donors (Lipinski definition) is 1. The van der Waals surface area contributed by atoms with E-state index in [1.165, 1.54) is 10.4 Å². The second kappa shape index (κ2) is 6.42. The third kappa shape index (κ3) is 3.12. The summed E-state index contributed by atoms with van der Waals surface area (Å²) in [5, 5.41) is 6.60. The van der Waals surface area contributed by atoms with Gasteiger partial charge in [0.05, 0.1) is 10.0 Å². The highest BCUT2D eigenvalue weighted by Gasteiger charge is 2.21. The molecule has 0 saturated carbocycles. The molecule has 0 saturated heterocycles. The molecule has 2 aromatic heterocycles. The zero-order valence-electron chi connectivity index (χ0n) is 11.8. The molecule has 2 aromatic rings. The highest BCUT2D eigenvalue weighted by atomic mass is 35.5. The number of nitrogens with zero attached hydrogens (tertiary/aromatic N) is 2. The normalized spacial score (nSPS) is 14.1. The number of aromatic nitrogens is 1. The van der Waals surface area contributed by atoms with E-state index in [1.807, 2.05) is 11.3 Å². The van der Waals surface area contributed by atoms with E-state index >= 15 is 0 Å². The molecule has 0 spiro atoms. The summed E-state index contributed by atoms with van der Waals surface area (Å²) in [6, 6.07) is 3.97. The SMILES string of the molecule is CCCNc1nc(N2CCc3sccc3C2)c(Cl)cc1Cl. The standard InChI is InChI=1S/C15H17Cl2N3S/c1-2-5-18-14-11(16)8-12(17)15(19-14)20-6-3-13-10(9-20)4-7-21-13/h4,7-8H,2-3,5-6,9H2,1H3,(H,18,19). The van der Waals surface area contributed by atoms with Crippen LogP contribution in [-0.2, 0) is 13.0 Å². The molecule has 21 heavy (non-hydrogen) atoms. The Morgan fingerprint density at radius 2 is 2.24 bits per heavy atom. The molecule has 0 amide bonds. The number of halogens is 2. The summed E-state index contributed by atoms with van der Waals surface area (Å²) in [5.41, 5.74) is 1.38. The topological polar surface area (TPSA) is 28.2 Å². The maximum atomic E-state index is 6.36. The first kappa shape index (κ1) is 14.9. The maximum Gasteiger partial charge on any atom is 0.150 e. The van der Waals surface area contributed by atoms with Gasteiger partial charge < -0.3 is 10.2 Å². The van der Waals surface area contributed by atoms with Crippen LogP contribution in [0.1, 0.15) is 23.8 Å². The molecule has 0 bridgehead atoms. The van der Waals surface area contributed by atoms with E-state index in [0.29, 0.717) is 15.9 Å². The third-order valence-corrected chi connectivity index (χ3v) is 5.15. The van der Waals surface area contributed by atoms with Crippen LogP contribution in [0.2, 0.25) is 10.0 Å². The molecule has 112 valence electrons. The average Bonchev–Trinajstić information content (AvgIpc) is 2.94. The van der Waals surface area contributed by atoms with Crippen molar-refractivity contribution in [2.45, 2.75) is 26.3 Å². The van der Waals surface area contributed by atoms with Crippen molar-refractivity contribution in [2.24, 2.45) is 0 Å². The number of thiophene rings is 1. The summed E-state index contributed by atoms with van der Waals surface area (Å²) in [4.78, 5) is 8.34. The Labute approximate surface area is 138 Å². The molecule has 0 aliphatic carbocycles. The van der Waals surface area contributed by atoms with Crippen molar-refractivity contribution in [3.63, 3.8) is 0 Å². The number of hydrogen-bond acceptors (Lipinski definition) is 4. The fourth-order valence-electron chi connectivity index (χ4n) is 2.48. The van der Waals surface area contributed by atoms with Gasteiger partial charge in [-0.25, -0.2) is 4.98 Å². The molecular weight excluding hydrogens is 325 g/mol. The molecule has 6 heteroatoms. The zero-order chi connectivity index (χ0) is 14.8. The Kier molecular flexibility index (Phi) is 4.57. The predicted octanol–water partition coefficient (Wildman–Crippen LogP) is 4.83. The number of anilines is 2. The lowest BCUT2D eigenvalue weighted by Crippen LogP contribution is -2.30. The van der Waals surface area contributed by atoms with Crippen molar-refractivity contribution in [1.29, 1.82) is 0 Å². The largest absolute Gasteiger partial charge is 0.369 e. The molecule has 1 aliphatic heterocycles. The van der Waals surface area contributed by atoms with Crippen LogP contribution in [0.4, 0.5) is 11.6 Å². The Morgan fingerprint density at radius 3 is 3.05 bits per heavy atom. The fourth-order valence-corrected chi connectivity index (χ4v) is 3.91. The summed E-state index contributed by atoms with van der Waals surface area (Å²) in [6.45, 7) is 4.76. The first-order chi connectivity index (χ1) is 10.2. The van der Waals surface area contributed by atoms with Crippen LogP contribution in [0.5, 0.6) is 0 Å². The van der Waals surface area contributed by atoms with Gasteiger partial charge in [0.25, 0.3) is 0 Å². The van der Waals surface area contributed by atoms with Crippen LogP contribution in [0.3, 0.4) is 0 Å². The lowest BCUT2D eigenvalue weighted by Gasteiger charge is -2.29. The van der Waals surface area contributed by atoms with Crippen molar-refractivity contribution < 1.29 is 0 Å². The van der Waals surface area contributed by atoms with Crippen molar-refractivity contribution >= 4 is 46.2 Å². The summed E-state index contributed by atoms with van der Waals surface area (Å²) in [5.74, 6) is 1.53. The first-order valence-corrected chi connectivity index (χ1v) is 8.72. The Balaban J connectivity index is 1.88. The van der Waals surface area contributed by atoms with Gasteiger partial charge in [0, 0.05) is 24.5 Å². The molecule has 3 nitrogen and oxygen atoms in total. The van der Waals surface area contributed by atoms with Crippen molar-refractivity contribution in [1.82, 2.24) is 4.98 Å². The van der Waals surface area contributed by atoms with Crippen LogP contribution < -0.4 is 10.2 Å². The van der Waals surface area contributed by atoms with E-state index in [-0.39, 0.29) is 0 Å². The predicted molar refractivity (Wildman–Crippen MR) is 92.1 cm³/mol. The van der Waals surface area contributed by atoms with E-state index < -0.39 is 0 Å². The van der Waals surface area contributed by atoms with E-state index in [1.54, 1.807) is 6.07 Å². The van der Waals surface area contributed by atoms with Gasteiger partial charge in [-0.1, -0.05) is 30.1 Å². The van der Waals surface area contributed by atoms with Gasteiger partial charge >= 0.3 is 0 Å². The number of nitrogens with one attached hydrogen (secondary N) is 1. The monoisotopic (exact) mass is 341 g/mol. The quantitative estimate of drug-likeness (QED) is 0.862. The van der Waals surface area contributed by atoms with Gasteiger partial charge in [0.2, 0.25) is 0 Å². The van der Waals surface area contributed by atoms with Gasteiger partial charge in [-0.05, 0) is 35.9 Å². The molecular formula is C15H17Cl2N3S. The number of fused-ring (bicyclic) bond motifs is 1. The highest BCUT2D eigenvalue weighted by Crippen LogP contribution is 2.34. The van der Waals surface area contributed by atoms with Gasteiger partial charge in [-0.2, -0.15) is 0 Å². The molecule has 0 atom stereocenters. The molecule has 0 aromatic carbocycles. The summed E-state index contributed by atoms with van der Waals surface area (Å²) >= 11 is 14.4. The van der Waals surface area contributed by atoms with Gasteiger partial charge in [0.1, 0.15) is 11.6 Å². The van der Waals surface area contributed by atoms with Crippen LogP contribution in [-0.4, -0.2) is 18.1 Å². The molecule has 1 N–H and O–H groups in total. The molecule has 0 unspecified atom stereocenters. The van der Waals surface area contributed by atoms with Crippen molar-refractivity contribution in [3.05, 3.63) is 38.0 Å². The van der Waals surface area contributed by atoms with Crippen LogP contribution in [0.15, 0.2) is 17.5 Å². The average molecular weight is 342 g/mol. The minimum absolute atomic E-state index is 0.574. The Hall–Kier alpha value is -0.970. The van der Waals surface area contributed by atoms with Crippen LogP contribution >= 0.6 is 34.5 Å². The van der Waals surface area contributed by atoms with E-state index in [0.717, 1.165) is 38.3 Å². The first-order valence-electron chi connectivity index (χ1n) is 7.09. The molecule has 3 heterocycles. The van der Waals surface area contributed by atoms with E-state index in [4.69, 9.17) is 23.2 Å². The number of rotatable bonds is 4. The van der Waals surface area contributed by atoms with Crippen LogP contribution in [0, 0.1) is 0 Å². The van der Waals surface area contributed by atoms with Crippen molar-refractivity contribution in [2.75, 3.05) is 23.3 Å². The molecule has 1 aliphatic rings. The lowest BCUT2D eigenvalue weighted by molar-refractivity contribution is 0.732. The minimum atomic E-state index is 0.574. The van der Waals surface area contributed by atoms with Gasteiger partial charge in [-0.3, -0.25) is 0 Å². The summed E-state index contributed by atoms with van der Waals surface area (Å²) in [6.07, 6.45) is 2.07. The smallest absolute Gasteiger partial charge is 0.150 e. The Morgan fingerprint density at radius 1 is 1.38 bits per heavy atom. The van der Waals surface area contributed by atoms with Crippen molar-refractivity contribution in [3.8, 4) is 0 Å². The van der Waals surface area contributed by atoms with E-state index in [2.05, 4.69) is 33.6 Å². The molecule has 3 rings (SSSR count). The zero-order valence-corrected chi connectivity index (χ0v) is 14.2. The molecule has 0 radical (unpaired) electrons. The van der Waals surface area contributed by atoms with Crippen LogP contribution in [0.25, 0.3) is 0 Å². The maximum absolute atomic E-state index is 6.36. The fraction of sp³-hybridized carbons (Fsp3) is 0.400. The number of pyridine rings is 1. The minimum Gasteiger partial charge on any atom is -0.369 e. The highest BCUT2D eigenvalue weighted by molar-refractivity contribution is 7.10.